The molecule has 1 heterocycles. The fraction of sp³-hybridized carbons (Fsp3) is 0.444. The van der Waals surface area contributed by atoms with E-state index in [0.29, 0.717) is 37.0 Å². The third-order valence-corrected chi connectivity index (χ3v) is 4.70. The van der Waals surface area contributed by atoms with E-state index in [4.69, 9.17) is 0 Å². The zero-order chi connectivity index (χ0) is 20.0. The molecule has 0 bridgehead atoms. The molecule has 3 N–H and O–H groups in total. The number of aromatic hydroxyl groups is 1. The first-order chi connectivity index (χ1) is 12.7. The Kier molecular flexibility index (Phi) is 7.06. The first kappa shape index (κ1) is 21.0. The zero-order valence-electron chi connectivity index (χ0n) is 15.4. The molecule has 2 aromatic rings. The molecule has 0 saturated carbocycles. The highest BCUT2D eigenvalue weighted by Crippen LogP contribution is 2.30. The van der Waals surface area contributed by atoms with Gasteiger partial charge in [0.05, 0.1) is 11.6 Å². The molecule has 5 nitrogen and oxygen atoms in total. The second-order valence-corrected chi connectivity index (χ2v) is 7.02. The lowest BCUT2D eigenvalue weighted by molar-refractivity contribution is -0.140. The number of aromatic nitrogens is 1. The van der Waals surface area contributed by atoms with Crippen molar-refractivity contribution in [3.8, 4) is 5.75 Å². The first-order valence-electron chi connectivity index (χ1n) is 8.53. The number of phenols is 1. The Balaban J connectivity index is 1.95. The SMILES string of the molecule is CCNC(=NCc1cc(C)c(O)c(C)c1)NCCc1nc(C(F)(F)F)cs1. The Morgan fingerprint density at radius 2 is 1.89 bits per heavy atom. The van der Waals surface area contributed by atoms with Gasteiger partial charge in [0.25, 0.3) is 0 Å². The number of phenolic OH excluding ortho intramolecular Hbond substituents is 1. The largest absolute Gasteiger partial charge is 0.507 e. The smallest absolute Gasteiger partial charge is 0.434 e. The van der Waals surface area contributed by atoms with Crippen LogP contribution in [0.15, 0.2) is 22.5 Å². The van der Waals surface area contributed by atoms with Crippen LogP contribution in [-0.2, 0) is 19.1 Å². The molecule has 0 amide bonds. The van der Waals surface area contributed by atoms with Crippen LogP contribution in [0.5, 0.6) is 5.75 Å². The van der Waals surface area contributed by atoms with E-state index in [-0.39, 0.29) is 5.75 Å². The highest BCUT2D eigenvalue weighted by molar-refractivity contribution is 7.09. The second kappa shape index (κ2) is 9.07. The van der Waals surface area contributed by atoms with Gasteiger partial charge in [-0.1, -0.05) is 12.1 Å². The van der Waals surface area contributed by atoms with Crippen molar-refractivity contribution in [3.63, 3.8) is 0 Å². The van der Waals surface area contributed by atoms with Gasteiger partial charge in [-0.05, 0) is 37.5 Å². The molecule has 148 valence electrons. The van der Waals surface area contributed by atoms with Crippen LogP contribution >= 0.6 is 11.3 Å². The summed E-state index contributed by atoms with van der Waals surface area (Å²) >= 11 is 1.00. The van der Waals surface area contributed by atoms with E-state index in [0.717, 1.165) is 33.4 Å². The van der Waals surface area contributed by atoms with Gasteiger partial charge in [0, 0.05) is 24.9 Å². The van der Waals surface area contributed by atoms with Crippen LogP contribution in [0.2, 0.25) is 0 Å². The molecular weight excluding hydrogens is 377 g/mol. The molecule has 9 heteroatoms. The molecule has 0 spiro atoms. The molecule has 0 unspecified atom stereocenters. The second-order valence-electron chi connectivity index (χ2n) is 6.07. The summed E-state index contributed by atoms with van der Waals surface area (Å²) in [5.74, 6) is 0.864. The van der Waals surface area contributed by atoms with Crippen molar-refractivity contribution in [1.29, 1.82) is 0 Å². The van der Waals surface area contributed by atoms with Crippen molar-refractivity contribution in [2.75, 3.05) is 13.1 Å². The van der Waals surface area contributed by atoms with Gasteiger partial charge in [0.1, 0.15) is 5.75 Å². The van der Waals surface area contributed by atoms with Crippen molar-refractivity contribution in [3.05, 3.63) is 44.9 Å². The van der Waals surface area contributed by atoms with Crippen LogP contribution in [0.3, 0.4) is 0 Å². The number of guanidine groups is 1. The van der Waals surface area contributed by atoms with Crippen LogP contribution in [0.25, 0.3) is 0 Å². The monoisotopic (exact) mass is 400 g/mol. The highest BCUT2D eigenvalue weighted by Gasteiger charge is 2.33. The fourth-order valence-corrected chi connectivity index (χ4v) is 3.30. The minimum absolute atomic E-state index is 0.287. The number of hydrogen-bond donors (Lipinski definition) is 3. The van der Waals surface area contributed by atoms with Gasteiger partial charge in [-0.2, -0.15) is 13.2 Å². The van der Waals surface area contributed by atoms with E-state index in [1.165, 1.54) is 0 Å². The van der Waals surface area contributed by atoms with Crippen LogP contribution in [0, 0.1) is 13.8 Å². The third-order valence-electron chi connectivity index (χ3n) is 3.79. The number of hydrogen-bond acceptors (Lipinski definition) is 4. The third kappa shape index (κ3) is 6.13. The molecule has 0 radical (unpaired) electrons. The molecule has 27 heavy (non-hydrogen) atoms. The molecule has 1 aromatic carbocycles. The maximum atomic E-state index is 12.6. The minimum Gasteiger partial charge on any atom is -0.507 e. The number of benzene rings is 1. The molecule has 0 atom stereocenters. The molecule has 0 aliphatic carbocycles. The van der Waals surface area contributed by atoms with Crippen molar-refractivity contribution >= 4 is 17.3 Å². The topological polar surface area (TPSA) is 69.5 Å². The summed E-state index contributed by atoms with van der Waals surface area (Å²) in [7, 11) is 0. The van der Waals surface area contributed by atoms with E-state index >= 15 is 0 Å². The van der Waals surface area contributed by atoms with Crippen molar-refractivity contribution in [1.82, 2.24) is 15.6 Å². The quantitative estimate of drug-likeness (QED) is 0.510. The lowest BCUT2D eigenvalue weighted by atomic mass is 10.1. The summed E-state index contributed by atoms with van der Waals surface area (Å²) in [5, 5.41) is 17.5. The van der Waals surface area contributed by atoms with E-state index < -0.39 is 11.9 Å². The summed E-state index contributed by atoms with van der Waals surface area (Å²) in [5.41, 5.74) is 1.71. The number of aryl methyl sites for hydroxylation is 2. The maximum absolute atomic E-state index is 12.6. The van der Waals surface area contributed by atoms with Gasteiger partial charge in [-0.25, -0.2) is 9.98 Å². The first-order valence-corrected chi connectivity index (χ1v) is 9.41. The molecule has 2 rings (SSSR count). The number of halogens is 3. The summed E-state index contributed by atoms with van der Waals surface area (Å²) in [6.07, 6.45) is -4.03. The van der Waals surface area contributed by atoms with Crippen molar-refractivity contribution in [2.24, 2.45) is 4.99 Å². The lowest BCUT2D eigenvalue weighted by Gasteiger charge is -2.11. The van der Waals surface area contributed by atoms with Crippen LogP contribution in [0.1, 0.15) is 34.3 Å². The lowest BCUT2D eigenvalue weighted by Crippen LogP contribution is -2.38. The van der Waals surface area contributed by atoms with Gasteiger partial charge in [-0.3, -0.25) is 0 Å². The number of thiazole rings is 1. The summed E-state index contributed by atoms with van der Waals surface area (Å²) < 4.78 is 37.7. The van der Waals surface area contributed by atoms with E-state index in [2.05, 4.69) is 20.6 Å². The van der Waals surface area contributed by atoms with Crippen LogP contribution in [-0.4, -0.2) is 29.1 Å². The Labute approximate surface area is 160 Å². The fourth-order valence-electron chi connectivity index (χ4n) is 2.49. The van der Waals surface area contributed by atoms with Crippen LogP contribution < -0.4 is 10.6 Å². The molecular formula is C18H23F3N4OS. The molecule has 0 aliphatic rings. The Morgan fingerprint density at radius 3 is 2.44 bits per heavy atom. The minimum atomic E-state index is -4.40. The van der Waals surface area contributed by atoms with E-state index in [1.54, 1.807) is 0 Å². The summed E-state index contributed by atoms with van der Waals surface area (Å²) in [6, 6.07) is 3.76. The molecule has 0 saturated heterocycles. The normalized spacial score (nSPS) is 12.3. The van der Waals surface area contributed by atoms with Gasteiger partial charge in [0.2, 0.25) is 0 Å². The number of aliphatic imine (C=N–C) groups is 1. The van der Waals surface area contributed by atoms with E-state index in [1.807, 2.05) is 32.9 Å². The number of rotatable bonds is 6. The summed E-state index contributed by atoms with van der Waals surface area (Å²) in [4.78, 5) is 8.10. The average molecular weight is 400 g/mol. The Morgan fingerprint density at radius 1 is 1.22 bits per heavy atom. The maximum Gasteiger partial charge on any atom is 0.434 e. The Hall–Kier alpha value is -2.29. The van der Waals surface area contributed by atoms with Crippen molar-refractivity contribution in [2.45, 2.75) is 39.9 Å². The number of nitrogens with zero attached hydrogens (tertiary/aromatic N) is 2. The van der Waals surface area contributed by atoms with Gasteiger partial charge < -0.3 is 15.7 Å². The Bertz CT molecular complexity index is 779. The number of nitrogens with one attached hydrogen (secondary N) is 2. The summed E-state index contributed by atoms with van der Waals surface area (Å²) in [6.45, 7) is 7.11. The average Bonchev–Trinajstić information content (AvgIpc) is 3.06. The van der Waals surface area contributed by atoms with Gasteiger partial charge >= 0.3 is 6.18 Å². The molecule has 0 aliphatic heterocycles. The molecule has 0 fully saturated rings. The highest BCUT2D eigenvalue weighted by atomic mass is 32.1. The number of alkyl halides is 3. The van der Waals surface area contributed by atoms with E-state index in [9.17, 15) is 18.3 Å². The standard InChI is InChI=1S/C18H23F3N4OS/c1-4-22-17(24-9-13-7-11(2)16(26)12(3)8-13)23-6-5-15-25-14(10-27-15)18(19,20)21/h7-8,10,26H,4-6,9H2,1-3H3,(H2,22,23,24). The van der Waals surface area contributed by atoms with Gasteiger partial charge in [0.15, 0.2) is 11.7 Å². The predicted octanol–water partition coefficient (Wildman–Crippen LogP) is 3.78. The zero-order valence-corrected chi connectivity index (χ0v) is 16.3. The van der Waals surface area contributed by atoms with Crippen molar-refractivity contribution < 1.29 is 18.3 Å². The van der Waals surface area contributed by atoms with Crippen LogP contribution in [0.4, 0.5) is 13.2 Å². The predicted molar refractivity (Wildman–Crippen MR) is 101 cm³/mol. The molecule has 1 aromatic heterocycles. The van der Waals surface area contributed by atoms with Gasteiger partial charge in [-0.15, -0.1) is 11.3 Å².